The summed E-state index contributed by atoms with van der Waals surface area (Å²) in [5, 5.41) is 1.92. The Kier molecular flexibility index (Phi) is 5.12. The summed E-state index contributed by atoms with van der Waals surface area (Å²) in [6, 6.07) is 8.38. The number of amides is 2. The molecule has 0 aromatic heterocycles. The van der Waals surface area contributed by atoms with E-state index in [-0.39, 0.29) is 17.6 Å². The quantitative estimate of drug-likeness (QED) is 0.555. The fourth-order valence-corrected chi connectivity index (χ4v) is 5.51. The Balaban J connectivity index is 1.58. The highest BCUT2D eigenvalue weighted by Crippen LogP contribution is 2.53. The highest BCUT2D eigenvalue weighted by atomic mass is 32.2. The molecule has 1 N–H and O–H groups in total. The van der Waals surface area contributed by atoms with E-state index in [2.05, 4.69) is 5.32 Å². The Labute approximate surface area is 184 Å². The molecule has 0 aliphatic carbocycles. The van der Waals surface area contributed by atoms with E-state index in [9.17, 15) is 19.2 Å². The third-order valence-corrected chi connectivity index (χ3v) is 6.70. The van der Waals surface area contributed by atoms with Crippen LogP contribution in [0.2, 0.25) is 0 Å². The molecule has 2 fully saturated rings. The SMILES string of the molecule is C[C@@H]1S[C@@H]2[C@H](NC(=O)Cc3ccccc3)C(=O)N2[C@@]2(C(=O)OC(C)(C)C)OC(=O)C=C12. The number of β-lactam (4-membered cyclic amide) rings is 1. The van der Waals surface area contributed by atoms with Crippen LogP contribution in [-0.4, -0.2) is 56.6 Å². The molecule has 1 aromatic rings. The standard InChI is InChI=1S/C22H24N2O6S/c1-12-14-11-16(26)29-22(14,20(28)30-21(2,3)4)24-18(27)17(19(24)31-12)23-15(25)10-13-8-6-5-7-9-13/h5-9,11-12,17,19H,10H2,1-4H3,(H,23,25)/t12-,17+,19+,22+/m0/s1. The first-order valence-electron chi connectivity index (χ1n) is 10.0. The van der Waals surface area contributed by atoms with Crippen molar-refractivity contribution in [1.82, 2.24) is 10.2 Å². The van der Waals surface area contributed by atoms with Crippen molar-refractivity contribution in [3.8, 4) is 0 Å². The Bertz CT molecular complexity index is 985. The minimum absolute atomic E-state index is 0.134. The van der Waals surface area contributed by atoms with Crippen molar-refractivity contribution < 1.29 is 28.7 Å². The second-order valence-corrected chi connectivity index (χ2v) is 10.2. The lowest BCUT2D eigenvalue weighted by atomic mass is 9.91. The van der Waals surface area contributed by atoms with Gasteiger partial charge in [0.15, 0.2) is 0 Å². The molecule has 0 saturated carbocycles. The van der Waals surface area contributed by atoms with Crippen LogP contribution in [0.3, 0.4) is 0 Å². The molecule has 8 nitrogen and oxygen atoms in total. The van der Waals surface area contributed by atoms with Crippen LogP contribution in [-0.2, 0) is 35.1 Å². The molecular formula is C22H24N2O6S. The van der Waals surface area contributed by atoms with Crippen molar-refractivity contribution in [2.75, 3.05) is 0 Å². The summed E-state index contributed by atoms with van der Waals surface area (Å²) >= 11 is 1.39. The van der Waals surface area contributed by atoms with Gasteiger partial charge in [-0.2, -0.15) is 0 Å². The van der Waals surface area contributed by atoms with E-state index in [0.29, 0.717) is 5.57 Å². The van der Waals surface area contributed by atoms with Gasteiger partial charge in [0, 0.05) is 16.9 Å². The van der Waals surface area contributed by atoms with Crippen LogP contribution in [0.25, 0.3) is 0 Å². The number of rotatable bonds is 4. The normalized spacial score (nSPS) is 29.2. The molecule has 0 bridgehead atoms. The molecular weight excluding hydrogens is 420 g/mol. The van der Waals surface area contributed by atoms with E-state index >= 15 is 0 Å². The molecule has 3 aliphatic heterocycles. The fourth-order valence-electron chi connectivity index (χ4n) is 4.00. The molecule has 2 amide bonds. The van der Waals surface area contributed by atoms with Crippen molar-refractivity contribution in [1.29, 1.82) is 0 Å². The van der Waals surface area contributed by atoms with Crippen molar-refractivity contribution in [2.45, 2.75) is 62.1 Å². The summed E-state index contributed by atoms with van der Waals surface area (Å²) in [5.74, 6) is -2.29. The Morgan fingerprint density at radius 2 is 1.90 bits per heavy atom. The smallest absolute Gasteiger partial charge is 0.378 e. The molecule has 4 atom stereocenters. The maximum Gasteiger partial charge on any atom is 0.378 e. The molecule has 1 aromatic carbocycles. The van der Waals surface area contributed by atoms with E-state index in [1.165, 1.54) is 22.7 Å². The lowest BCUT2D eigenvalue weighted by Crippen LogP contribution is -2.80. The fraction of sp³-hybridized carbons (Fsp3) is 0.455. The number of carbonyl (C=O) groups is 4. The van der Waals surface area contributed by atoms with Gasteiger partial charge in [0.1, 0.15) is 17.0 Å². The van der Waals surface area contributed by atoms with Gasteiger partial charge in [-0.3, -0.25) is 14.5 Å². The van der Waals surface area contributed by atoms with Crippen LogP contribution in [0.5, 0.6) is 0 Å². The number of hydrogen-bond donors (Lipinski definition) is 1. The zero-order valence-electron chi connectivity index (χ0n) is 17.7. The average molecular weight is 445 g/mol. The Hall–Kier alpha value is -2.81. The molecule has 4 rings (SSSR count). The van der Waals surface area contributed by atoms with E-state index in [4.69, 9.17) is 9.47 Å². The summed E-state index contributed by atoms with van der Waals surface area (Å²) in [7, 11) is 0. The number of hydrogen-bond acceptors (Lipinski definition) is 7. The molecule has 0 spiro atoms. The molecule has 3 aliphatic rings. The molecule has 0 radical (unpaired) electrons. The van der Waals surface area contributed by atoms with Crippen LogP contribution < -0.4 is 5.32 Å². The van der Waals surface area contributed by atoms with E-state index in [0.717, 1.165) is 5.56 Å². The van der Waals surface area contributed by atoms with Crippen molar-refractivity contribution in [3.05, 3.63) is 47.5 Å². The largest absolute Gasteiger partial charge is 0.455 e. The zero-order chi connectivity index (χ0) is 22.6. The van der Waals surface area contributed by atoms with E-state index in [1.807, 2.05) is 37.3 Å². The minimum Gasteiger partial charge on any atom is -0.455 e. The molecule has 164 valence electrons. The first-order chi connectivity index (χ1) is 14.5. The molecule has 2 saturated heterocycles. The molecule has 9 heteroatoms. The summed E-state index contributed by atoms with van der Waals surface area (Å²) < 4.78 is 11.0. The number of nitrogens with zero attached hydrogens (tertiary/aromatic N) is 1. The number of thioether (sulfide) groups is 1. The number of nitrogens with one attached hydrogen (secondary N) is 1. The number of ether oxygens (including phenoxy) is 2. The lowest BCUT2D eigenvalue weighted by Gasteiger charge is -2.57. The topological polar surface area (TPSA) is 102 Å². The van der Waals surface area contributed by atoms with Crippen LogP contribution in [0.15, 0.2) is 42.0 Å². The van der Waals surface area contributed by atoms with Gasteiger partial charge in [-0.1, -0.05) is 30.3 Å². The molecule has 3 heterocycles. The first kappa shape index (κ1) is 21.4. The highest BCUT2D eigenvalue weighted by molar-refractivity contribution is 8.00. The summed E-state index contributed by atoms with van der Waals surface area (Å²) in [6.45, 7) is 6.93. The maximum atomic E-state index is 13.2. The predicted molar refractivity (Wildman–Crippen MR) is 113 cm³/mol. The van der Waals surface area contributed by atoms with Gasteiger partial charge < -0.3 is 14.8 Å². The van der Waals surface area contributed by atoms with Crippen molar-refractivity contribution >= 4 is 35.5 Å². The van der Waals surface area contributed by atoms with Crippen LogP contribution in [0, 0.1) is 0 Å². The van der Waals surface area contributed by atoms with Crippen LogP contribution in [0.4, 0.5) is 0 Å². The first-order valence-corrected chi connectivity index (χ1v) is 11.0. The van der Waals surface area contributed by atoms with Crippen LogP contribution >= 0.6 is 11.8 Å². The second-order valence-electron chi connectivity index (χ2n) is 8.75. The average Bonchev–Trinajstić information content (AvgIpc) is 3.04. The number of fused-ring (bicyclic) bond motifs is 3. The van der Waals surface area contributed by atoms with Gasteiger partial charge in [0.2, 0.25) is 5.91 Å². The Morgan fingerprint density at radius 1 is 1.23 bits per heavy atom. The number of benzene rings is 1. The maximum absolute atomic E-state index is 13.2. The minimum atomic E-state index is -1.92. The van der Waals surface area contributed by atoms with Gasteiger partial charge in [0.05, 0.1) is 6.42 Å². The lowest BCUT2D eigenvalue weighted by molar-refractivity contribution is -0.214. The number of carbonyl (C=O) groups excluding carboxylic acids is 4. The van der Waals surface area contributed by atoms with Crippen LogP contribution in [0.1, 0.15) is 33.3 Å². The monoisotopic (exact) mass is 444 g/mol. The molecule has 31 heavy (non-hydrogen) atoms. The third kappa shape index (κ3) is 3.60. The summed E-state index contributed by atoms with van der Waals surface area (Å²) in [4.78, 5) is 52.2. The highest BCUT2D eigenvalue weighted by Gasteiger charge is 2.71. The van der Waals surface area contributed by atoms with Gasteiger partial charge in [-0.05, 0) is 33.3 Å². The summed E-state index contributed by atoms with van der Waals surface area (Å²) in [5.41, 5.74) is -1.55. The van der Waals surface area contributed by atoms with Gasteiger partial charge in [-0.25, -0.2) is 9.59 Å². The zero-order valence-corrected chi connectivity index (χ0v) is 18.5. The third-order valence-electron chi connectivity index (χ3n) is 5.28. The second kappa shape index (κ2) is 7.40. The van der Waals surface area contributed by atoms with Gasteiger partial charge in [-0.15, -0.1) is 11.8 Å². The number of esters is 2. The van der Waals surface area contributed by atoms with Crippen molar-refractivity contribution in [3.63, 3.8) is 0 Å². The van der Waals surface area contributed by atoms with Gasteiger partial charge in [0.25, 0.3) is 5.91 Å². The Morgan fingerprint density at radius 3 is 2.55 bits per heavy atom. The predicted octanol–water partition coefficient (Wildman–Crippen LogP) is 1.54. The van der Waals surface area contributed by atoms with E-state index < -0.39 is 40.6 Å². The van der Waals surface area contributed by atoms with Crippen molar-refractivity contribution in [2.24, 2.45) is 0 Å². The van der Waals surface area contributed by atoms with Gasteiger partial charge >= 0.3 is 17.7 Å². The van der Waals surface area contributed by atoms with E-state index in [1.54, 1.807) is 20.8 Å². The molecule has 0 unspecified atom stereocenters. The summed E-state index contributed by atoms with van der Waals surface area (Å²) in [6.07, 6.45) is 1.39.